The fourth-order valence-corrected chi connectivity index (χ4v) is 8.56. The van der Waals surface area contributed by atoms with Gasteiger partial charge < -0.3 is 23.9 Å². The number of rotatable bonds is 7. The molecule has 1 atom stereocenters. The van der Waals surface area contributed by atoms with E-state index < -0.39 is 16.1 Å². The Morgan fingerprint density at radius 3 is 2.42 bits per heavy atom. The summed E-state index contributed by atoms with van der Waals surface area (Å²) >= 11 is 0. The van der Waals surface area contributed by atoms with E-state index in [4.69, 9.17) is 9.57 Å². The zero-order chi connectivity index (χ0) is 35.3. The van der Waals surface area contributed by atoms with Gasteiger partial charge in [-0.05, 0) is 86.1 Å². The van der Waals surface area contributed by atoms with Gasteiger partial charge >= 0.3 is 10.2 Å². The first kappa shape index (κ1) is 34.1. The number of oxime groups is 1. The first-order valence-electron chi connectivity index (χ1n) is 17.5. The Kier molecular flexibility index (Phi) is 9.14. The minimum absolute atomic E-state index is 0.0229. The Balaban J connectivity index is 1.30. The number of methoxy groups -OCH3 is 1. The van der Waals surface area contributed by atoms with Crippen LogP contribution in [0.3, 0.4) is 0 Å². The molecular weight excluding hydrogens is 657 g/mol. The van der Waals surface area contributed by atoms with E-state index >= 15 is 0 Å². The Labute approximate surface area is 293 Å². The average Bonchev–Trinajstić information content (AvgIpc) is 3.56. The molecule has 1 saturated carbocycles. The van der Waals surface area contributed by atoms with Crippen LogP contribution in [0, 0.1) is 5.92 Å². The van der Waals surface area contributed by atoms with Gasteiger partial charge in [0.25, 0.3) is 11.8 Å². The lowest BCUT2D eigenvalue weighted by molar-refractivity contribution is -0.130. The van der Waals surface area contributed by atoms with Gasteiger partial charge in [0.2, 0.25) is 6.23 Å². The summed E-state index contributed by atoms with van der Waals surface area (Å²) in [6.07, 6.45) is 9.09. The Hall–Kier alpha value is -4.36. The van der Waals surface area contributed by atoms with Crippen molar-refractivity contribution in [1.82, 2.24) is 23.4 Å². The highest BCUT2D eigenvalue weighted by atomic mass is 32.2. The Bertz CT molecular complexity index is 2000. The van der Waals surface area contributed by atoms with Crippen molar-refractivity contribution in [1.29, 1.82) is 0 Å². The molecule has 2 aromatic carbocycles. The summed E-state index contributed by atoms with van der Waals surface area (Å²) in [5.74, 6) is 1.40. The number of carbonyl (C=O) groups is 2. The van der Waals surface area contributed by atoms with Gasteiger partial charge in [-0.25, -0.2) is 4.72 Å². The van der Waals surface area contributed by atoms with Gasteiger partial charge in [0, 0.05) is 67.8 Å². The number of carbonyl (C=O) groups excluding carboxylic acids is 2. The maximum atomic E-state index is 14.5. The molecule has 0 radical (unpaired) electrons. The van der Waals surface area contributed by atoms with Crippen molar-refractivity contribution in [3.8, 4) is 17.0 Å². The average molecular weight is 703 g/mol. The van der Waals surface area contributed by atoms with Crippen LogP contribution >= 0.6 is 0 Å². The van der Waals surface area contributed by atoms with Crippen LogP contribution in [0.4, 0.5) is 0 Å². The van der Waals surface area contributed by atoms with Crippen LogP contribution in [0.1, 0.15) is 79.3 Å². The molecule has 1 aliphatic carbocycles. The van der Waals surface area contributed by atoms with E-state index in [1.807, 2.05) is 43.1 Å². The topological polar surface area (TPSA) is 126 Å². The second-order valence-electron chi connectivity index (χ2n) is 14.1. The van der Waals surface area contributed by atoms with Crippen LogP contribution in [0.5, 0.6) is 5.75 Å². The van der Waals surface area contributed by atoms with Crippen molar-refractivity contribution in [2.75, 3.05) is 41.3 Å². The van der Waals surface area contributed by atoms with Gasteiger partial charge in [-0.3, -0.25) is 9.59 Å². The number of hydrogen-bond acceptors (Lipinski definition) is 8. The molecule has 0 spiro atoms. The smallest absolute Gasteiger partial charge is 0.303 e. The lowest BCUT2D eigenvalue weighted by Gasteiger charge is -2.36. The molecule has 13 heteroatoms. The van der Waals surface area contributed by atoms with Crippen LogP contribution in [0.2, 0.25) is 0 Å². The quantitative estimate of drug-likeness (QED) is 0.361. The van der Waals surface area contributed by atoms with Crippen LogP contribution in [-0.2, 0) is 26.4 Å². The largest absolute Gasteiger partial charge is 0.497 e. The molecule has 50 heavy (non-hydrogen) atoms. The molecule has 1 N–H and O–H groups in total. The van der Waals surface area contributed by atoms with E-state index in [1.165, 1.54) is 26.1 Å². The molecule has 3 aromatic rings. The fraction of sp³-hybridized carbons (Fsp3) is 0.486. The first-order valence-corrected chi connectivity index (χ1v) is 18.9. The normalized spacial score (nSPS) is 20.2. The minimum Gasteiger partial charge on any atom is -0.497 e. The van der Waals surface area contributed by atoms with Crippen molar-refractivity contribution >= 4 is 44.8 Å². The van der Waals surface area contributed by atoms with Crippen LogP contribution in [0.15, 0.2) is 47.1 Å². The number of hydrogen-bond donors (Lipinski definition) is 1. The summed E-state index contributed by atoms with van der Waals surface area (Å²) in [6, 6.07) is 11.4. The molecular formula is C37H46N6O6S. The molecule has 12 nitrogen and oxygen atoms in total. The van der Waals surface area contributed by atoms with Gasteiger partial charge in [-0.1, -0.05) is 30.5 Å². The summed E-state index contributed by atoms with van der Waals surface area (Å²) in [7, 11) is 2.39. The zero-order valence-electron chi connectivity index (χ0n) is 29.4. The van der Waals surface area contributed by atoms with E-state index in [1.54, 1.807) is 19.2 Å². The van der Waals surface area contributed by atoms with Gasteiger partial charge in [-0.15, -0.1) is 0 Å². The number of nitrogens with one attached hydrogen (secondary N) is 1. The SMILES string of the molecule is COc1ccc2c(c1)C=C(C(=O)N1CCC(C3ON=C(C)N3C)CC1)Cn1c-2c(C2CCCCC2)c2ccc(C(=O)NS(=O)(=O)N(C)C)cc21. The van der Waals surface area contributed by atoms with Crippen molar-refractivity contribution < 1.29 is 27.6 Å². The highest BCUT2D eigenvalue weighted by Crippen LogP contribution is 2.47. The molecule has 1 aromatic heterocycles. The van der Waals surface area contributed by atoms with Gasteiger partial charge in [0.15, 0.2) is 0 Å². The van der Waals surface area contributed by atoms with Gasteiger partial charge in [0.05, 0.1) is 19.3 Å². The number of nitrogens with zero attached hydrogens (tertiary/aromatic N) is 5. The number of amidine groups is 1. The zero-order valence-corrected chi connectivity index (χ0v) is 30.3. The molecule has 4 aliphatic rings. The minimum atomic E-state index is -3.99. The second-order valence-corrected chi connectivity index (χ2v) is 16.0. The number of aromatic nitrogens is 1. The van der Waals surface area contributed by atoms with Crippen molar-refractivity contribution in [3.05, 3.63) is 58.7 Å². The third-order valence-electron chi connectivity index (χ3n) is 10.9. The van der Waals surface area contributed by atoms with Crippen LogP contribution in [0.25, 0.3) is 28.2 Å². The Morgan fingerprint density at radius 2 is 1.76 bits per heavy atom. The predicted molar refractivity (Wildman–Crippen MR) is 193 cm³/mol. The second kappa shape index (κ2) is 13.4. The third kappa shape index (κ3) is 6.14. The van der Waals surface area contributed by atoms with Crippen LogP contribution < -0.4 is 9.46 Å². The van der Waals surface area contributed by atoms with Crippen molar-refractivity contribution in [2.45, 2.75) is 70.6 Å². The van der Waals surface area contributed by atoms with Crippen LogP contribution in [-0.4, -0.2) is 92.3 Å². The number of piperidine rings is 1. The van der Waals surface area contributed by atoms with E-state index in [9.17, 15) is 18.0 Å². The monoisotopic (exact) mass is 702 g/mol. The summed E-state index contributed by atoms with van der Waals surface area (Å²) < 4.78 is 36.1. The number of amides is 2. The van der Waals surface area contributed by atoms with Crippen molar-refractivity contribution in [2.24, 2.45) is 11.1 Å². The Morgan fingerprint density at radius 1 is 1.02 bits per heavy atom. The highest BCUT2D eigenvalue weighted by molar-refractivity contribution is 7.87. The molecule has 1 unspecified atom stereocenters. The summed E-state index contributed by atoms with van der Waals surface area (Å²) in [6.45, 7) is 3.45. The standard InChI is InChI=1S/C37H46N6O6S/c1-23-38-49-37(41(23)4)25-15-17-42(18-16-25)36(45)28-19-27-20-29(48-5)12-14-30(27)34-33(24-9-7-6-8-10-24)31-13-11-26(21-32(31)43(34)22-28)35(44)39-50(46,47)40(2)3/h11-14,19-21,24-25,37H,6-10,15-18,22H2,1-5H3,(H,39,44). The van der Waals surface area contributed by atoms with Crippen molar-refractivity contribution in [3.63, 3.8) is 0 Å². The molecule has 2 fully saturated rings. The molecule has 1 saturated heterocycles. The van der Waals surface area contributed by atoms with E-state index in [-0.39, 0.29) is 23.6 Å². The molecule has 266 valence electrons. The first-order chi connectivity index (χ1) is 24.0. The number of likely N-dealkylation sites (tertiary alicyclic amines) is 1. The molecule has 3 aliphatic heterocycles. The lowest BCUT2D eigenvalue weighted by Crippen LogP contribution is -2.45. The molecule has 0 bridgehead atoms. The highest BCUT2D eigenvalue weighted by Gasteiger charge is 2.37. The van der Waals surface area contributed by atoms with E-state index in [0.717, 1.165) is 76.4 Å². The fourth-order valence-electron chi connectivity index (χ4n) is 8.02. The summed E-state index contributed by atoms with van der Waals surface area (Å²) in [4.78, 5) is 37.5. The number of ether oxygens (including phenoxy) is 1. The lowest BCUT2D eigenvalue weighted by atomic mass is 9.81. The van der Waals surface area contributed by atoms with Gasteiger partial charge in [0.1, 0.15) is 11.6 Å². The maximum Gasteiger partial charge on any atom is 0.303 e. The maximum absolute atomic E-state index is 14.5. The summed E-state index contributed by atoms with van der Waals surface area (Å²) in [5.41, 5.74) is 5.84. The van der Waals surface area contributed by atoms with E-state index in [2.05, 4.69) is 25.4 Å². The summed E-state index contributed by atoms with van der Waals surface area (Å²) in [5, 5.41) is 5.18. The van der Waals surface area contributed by atoms with E-state index in [0.29, 0.717) is 36.9 Å². The number of fused-ring (bicyclic) bond motifs is 5. The third-order valence-corrected chi connectivity index (χ3v) is 12.3. The van der Waals surface area contributed by atoms with Gasteiger partial charge in [-0.2, -0.15) is 12.7 Å². The number of benzene rings is 2. The predicted octanol–water partition coefficient (Wildman–Crippen LogP) is 5.16. The molecule has 7 rings (SSSR count). The molecule has 4 heterocycles. The molecule has 2 amide bonds.